The van der Waals surface area contributed by atoms with Gasteiger partial charge in [-0.2, -0.15) is 0 Å². The number of fused-ring (bicyclic) bond motifs is 1. The topological polar surface area (TPSA) is 73.6 Å². The fraction of sp³-hybridized carbons (Fsp3) is 0.0714. The minimum Gasteiger partial charge on any atom is -0.481 e. The molecule has 96 valence electrons. The molecule has 0 bridgehead atoms. The van der Waals surface area contributed by atoms with E-state index in [1.165, 1.54) is 0 Å². The second-order valence-electron chi connectivity index (χ2n) is 4.13. The van der Waals surface area contributed by atoms with Crippen LogP contribution >= 0.6 is 0 Å². The van der Waals surface area contributed by atoms with Crippen molar-refractivity contribution in [1.82, 2.24) is 0 Å². The molecule has 0 unspecified atom stereocenters. The molecular formula is C14H12N2O3. The van der Waals surface area contributed by atoms with E-state index in [9.17, 15) is 4.79 Å². The van der Waals surface area contributed by atoms with Gasteiger partial charge in [0.05, 0.1) is 11.4 Å². The maximum atomic E-state index is 11.2. The van der Waals surface area contributed by atoms with Crippen LogP contribution in [0.15, 0.2) is 42.5 Å². The van der Waals surface area contributed by atoms with E-state index in [1.54, 1.807) is 30.3 Å². The smallest absolute Gasteiger partial charge is 0.262 e. The highest BCUT2D eigenvalue weighted by atomic mass is 16.5. The number of ether oxygens (including phenoxy) is 2. The Kier molecular flexibility index (Phi) is 2.72. The van der Waals surface area contributed by atoms with Gasteiger partial charge in [-0.1, -0.05) is 12.1 Å². The summed E-state index contributed by atoms with van der Waals surface area (Å²) in [4.78, 5) is 11.2. The van der Waals surface area contributed by atoms with E-state index in [-0.39, 0.29) is 12.5 Å². The minimum absolute atomic E-state index is 0.0178. The van der Waals surface area contributed by atoms with Crippen molar-refractivity contribution in [2.75, 3.05) is 17.7 Å². The first-order chi connectivity index (χ1) is 9.22. The highest BCUT2D eigenvalue weighted by molar-refractivity contribution is 5.95. The largest absolute Gasteiger partial charge is 0.481 e. The molecule has 0 atom stereocenters. The van der Waals surface area contributed by atoms with Crippen molar-refractivity contribution in [3.8, 4) is 17.2 Å². The van der Waals surface area contributed by atoms with Gasteiger partial charge in [0.1, 0.15) is 17.2 Å². The Balaban J connectivity index is 1.87. The summed E-state index contributed by atoms with van der Waals surface area (Å²) in [7, 11) is 0. The number of hydrogen-bond donors (Lipinski definition) is 2. The predicted octanol–water partition coefficient (Wildman–Crippen LogP) is 2.39. The Bertz CT molecular complexity index is 640. The molecule has 19 heavy (non-hydrogen) atoms. The second-order valence-corrected chi connectivity index (χ2v) is 4.13. The molecular weight excluding hydrogens is 244 g/mol. The first kappa shape index (κ1) is 11.4. The second kappa shape index (κ2) is 4.53. The van der Waals surface area contributed by atoms with Crippen LogP contribution in [-0.2, 0) is 4.79 Å². The van der Waals surface area contributed by atoms with Crippen molar-refractivity contribution >= 4 is 17.3 Å². The molecule has 0 spiro atoms. The standard InChI is InChI=1S/C14H12N2O3/c15-10-3-1-2-4-12(10)19-9-5-6-11-13(7-9)18-8-14(17)16-11/h1-7H,8,15H2,(H,16,17). The highest BCUT2D eigenvalue weighted by Gasteiger charge is 2.16. The summed E-state index contributed by atoms with van der Waals surface area (Å²) in [6, 6.07) is 12.5. The molecule has 0 aliphatic carbocycles. The van der Waals surface area contributed by atoms with E-state index in [0.717, 1.165) is 0 Å². The van der Waals surface area contributed by atoms with Crippen LogP contribution in [0.25, 0.3) is 0 Å². The number of carbonyl (C=O) groups excluding carboxylic acids is 1. The number of benzene rings is 2. The van der Waals surface area contributed by atoms with Gasteiger partial charge in [-0.15, -0.1) is 0 Å². The normalized spacial score (nSPS) is 13.2. The van der Waals surface area contributed by atoms with Crippen LogP contribution in [0.5, 0.6) is 17.2 Å². The molecule has 2 aromatic rings. The van der Waals surface area contributed by atoms with Crippen LogP contribution in [0, 0.1) is 0 Å². The third kappa shape index (κ3) is 2.30. The van der Waals surface area contributed by atoms with Crippen LogP contribution in [-0.4, -0.2) is 12.5 Å². The van der Waals surface area contributed by atoms with E-state index < -0.39 is 0 Å². The summed E-state index contributed by atoms with van der Waals surface area (Å²) in [5.41, 5.74) is 7.02. The van der Waals surface area contributed by atoms with Crippen molar-refractivity contribution in [3.05, 3.63) is 42.5 Å². The lowest BCUT2D eigenvalue weighted by atomic mass is 10.2. The Labute approximate surface area is 109 Å². The SMILES string of the molecule is Nc1ccccc1Oc1ccc2c(c1)OCC(=O)N2. The Hall–Kier alpha value is -2.69. The molecule has 1 aliphatic heterocycles. The van der Waals surface area contributed by atoms with Gasteiger partial charge in [-0.05, 0) is 24.3 Å². The lowest BCUT2D eigenvalue weighted by molar-refractivity contribution is -0.118. The molecule has 0 fully saturated rings. The molecule has 0 aromatic heterocycles. The lowest BCUT2D eigenvalue weighted by Crippen LogP contribution is -2.25. The fourth-order valence-electron chi connectivity index (χ4n) is 1.82. The highest BCUT2D eigenvalue weighted by Crippen LogP contribution is 2.34. The Morgan fingerprint density at radius 3 is 2.89 bits per heavy atom. The van der Waals surface area contributed by atoms with E-state index >= 15 is 0 Å². The van der Waals surface area contributed by atoms with Crippen molar-refractivity contribution < 1.29 is 14.3 Å². The van der Waals surface area contributed by atoms with Crippen LogP contribution in [0.3, 0.4) is 0 Å². The van der Waals surface area contributed by atoms with Gasteiger partial charge >= 0.3 is 0 Å². The van der Waals surface area contributed by atoms with E-state index in [4.69, 9.17) is 15.2 Å². The molecule has 0 radical (unpaired) electrons. The summed E-state index contributed by atoms with van der Waals surface area (Å²) in [5.74, 6) is 1.62. The molecule has 5 heteroatoms. The summed E-state index contributed by atoms with van der Waals surface area (Å²) >= 11 is 0. The Morgan fingerprint density at radius 1 is 1.21 bits per heavy atom. The van der Waals surface area contributed by atoms with Gasteiger partial charge in [0.2, 0.25) is 0 Å². The molecule has 3 rings (SSSR count). The van der Waals surface area contributed by atoms with E-state index in [0.29, 0.717) is 28.6 Å². The van der Waals surface area contributed by atoms with Crippen molar-refractivity contribution in [2.24, 2.45) is 0 Å². The predicted molar refractivity (Wildman–Crippen MR) is 71.5 cm³/mol. The third-order valence-electron chi connectivity index (χ3n) is 2.73. The maximum Gasteiger partial charge on any atom is 0.262 e. The zero-order chi connectivity index (χ0) is 13.2. The molecule has 1 amide bonds. The number of nitrogen functional groups attached to an aromatic ring is 1. The number of nitrogens with one attached hydrogen (secondary N) is 1. The lowest BCUT2D eigenvalue weighted by Gasteiger charge is -2.18. The molecule has 1 heterocycles. The van der Waals surface area contributed by atoms with Crippen molar-refractivity contribution in [1.29, 1.82) is 0 Å². The molecule has 2 aromatic carbocycles. The monoisotopic (exact) mass is 256 g/mol. The van der Waals surface area contributed by atoms with Gasteiger partial charge in [0.25, 0.3) is 5.91 Å². The molecule has 3 N–H and O–H groups in total. The maximum absolute atomic E-state index is 11.2. The molecule has 0 saturated carbocycles. The summed E-state index contributed by atoms with van der Waals surface area (Å²) in [6.45, 7) is 0.0178. The number of anilines is 2. The van der Waals surface area contributed by atoms with Crippen LogP contribution in [0.4, 0.5) is 11.4 Å². The zero-order valence-corrected chi connectivity index (χ0v) is 10.1. The average molecular weight is 256 g/mol. The number of rotatable bonds is 2. The Morgan fingerprint density at radius 2 is 2.05 bits per heavy atom. The quantitative estimate of drug-likeness (QED) is 0.809. The van der Waals surface area contributed by atoms with Crippen LogP contribution < -0.4 is 20.5 Å². The summed E-state index contributed by atoms with van der Waals surface area (Å²) < 4.78 is 11.0. The number of para-hydroxylation sites is 2. The van der Waals surface area contributed by atoms with Gasteiger partial charge in [-0.3, -0.25) is 4.79 Å². The number of carbonyl (C=O) groups is 1. The van der Waals surface area contributed by atoms with Crippen LogP contribution in [0.1, 0.15) is 0 Å². The molecule has 5 nitrogen and oxygen atoms in total. The third-order valence-corrected chi connectivity index (χ3v) is 2.73. The van der Waals surface area contributed by atoms with Gasteiger partial charge < -0.3 is 20.5 Å². The van der Waals surface area contributed by atoms with Gasteiger partial charge in [-0.25, -0.2) is 0 Å². The van der Waals surface area contributed by atoms with Crippen molar-refractivity contribution in [3.63, 3.8) is 0 Å². The first-order valence-electron chi connectivity index (χ1n) is 5.81. The minimum atomic E-state index is -0.159. The van der Waals surface area contributed by atoms with Crippen molar-refractivity contribution in [2.45, 2.75) is 0 Å². The molecule has 0 saturated heterocycles. The average Bonchev–Trinajstić information content (AvgIpc) is 2.41. The molecule has 1 aliphatic rings. The first-order valence-corrected chi connectivity index (χ1v) is 5.81. The fourth-order valence-corrected chi connectivity index (χ4v) is 1.82. The van der Waals surface area contributed by atoms with E-state index in [2.05, 4.69) is 5.32 Å². The number of hydrogen-bond acceptors (Lipinski definition) is 4. The number of amides is 1. The van der Waals surface area contributed by atoms with Gasteiger partial charge in [0, 0.05) is 6.07 Å². The van der Waals surface area contributed by atoms with Gasteiger partial charge in [0.15, 0.2) is 6.61 Å². The zero-order valence-electron chi connectivity index (χ0n) is 10.1. The number of nitrogens with two attached hydrogens (primary N) is 1. The summed E-state index contributed by atoms with van der Waals surface area (Å²) in [6.07, 6.45) is 0. The summed E-state index contributed by atoms with van der Waals surface area (Å²) in [5, 5.41) is 2.72. The van der Waals surface area contributed by atoms with E-state index in [1.807, 2.05) is 12.1 Å². The van der Waals surface area contributed by atoms with Crippen LogP contribution in [0.2, 0.25) is 0 Å².